The second-order valence-corrected chi connectivity index (χ2v) is 9.60. The lowest BCUT2D eigenvalue weighted by Crippen LogP contribution is -2.48. The SMILES string of the molecule is COCCCNC(=O)[C@H](Cc1ccccc1)NS(=O)(=O)c1ccc2c(c1)c(=O)n(C)c(=O)n2C. The molecule has 0 radical (unpaired) electrons. The van der Waals surface area contributed by atoms with Gasteiger partial charge in [-0.2, -0.15) is 4.72 Å². The molecule has 0 aliphatic heterocycles. The van der Waals surface area contributed by atoms with Crippen LogP contribution < -0.4 is 21.3 Å². The Kier molecular flexibility index (Phi) is 8.02. The molecule has 34 heavy (non-hydrogen) atoms. The van der Waals surface area contributed by atoms with Gasteiger partial charge in [-0.15, -0.1) is 0 Å². The highest BCUT2D eigenvalue weighted by molar-refractivity contribution is 7.89. The predicted octanol–water partition coefficient (Wildman–Crippen LogP) is 0.280. The number of methoxy groups -OCH3 is 1. The van der Waals surface area contributed by atoms with Gasteiger partial charge in [-0.3, -0.25) is 18.7 Å². The number of carbonyl (C=O) groups is 1. The monoisotopic (exact) mass is 488 g/mol. The van der Waals surface area contributed by atoms with Gasteiger partial charge in [0.15, 0.2) is 0 Å². The first-order valence-corrected chi connectivity index (χ1v) is 12.2. The number of carbonyl (C=O) groups excluding carboxylic acids is 1. The topological polar surface area (TPSA) is 128 Å². The number of rotatable bonds is 10. The number of hydrogen-bond acceptors (Lipinski definition) is 6. The van der Waals surface area contributed by atoms with Crippen LogP contribution in [0.3, 0.4) is 0 Å². The van der Waals surface area contributed by atoms with Gasteiger partial charge in [0.05, 0.1) is 15.8 Å². The van der Waals surface area contributed by atoms with E-state index in [2.05, 4.69) is 10.0 Å². The molecule has 1 amide bonds. The van der Waals surface area contributed by atoms with Crippen LogP contribution in [-0.4, -0.2) is 49.8 Å². The molecule has 2 N–H and O–H groups in total. The van der Waals surface area contributed by atoms with Crippen molar-refractivity contribution in [2.24, 2.45) is 14.1 Å². The summed E-state index contributed by atoms with van der Waals surface area (Å²) in [5, 5.41) is 2.81. The first-order chi connectivity index (χ1) is 16.2. The van der Waals surface area contributed by atoms with E-state index in [1.54, 1.807) is 31.4 Å². The normalized spacial score (nSPS) is 12.6. The molecule has 0 bridgehead atoms. The van der Waals surface area contributed by atoms with Gasteiger partial charge in [0, 0.05) is 34.4 Å². The van der Waals surface area contributed by atoms with E-state index in [0.717, 1.165) is 10.1 Å². The Hall–Kier alpha value is -3.28. The molecule has 0 spiro atoms. The van der Waals surface area contributed by atoms with Crippen LogP contribution in [-0.2, 0) is 40.1 Å². The lowest BCUT2D eigenvalue weighted by molar-refractivity contribution is -0.122. The third-order valence-corrected chi connectivity index (χ3v) is 6.94. The van der Waals surface area contributed by atoms with E-state index in [1.165, 1.54) is 36.9 Å². The maximum Gasteiger partial charge on any atom is 0.330 e. The van der Waals surface area contributed by atoms with Crippen molar-refractivity contribution in [2.75, 3.05) is 20.3 Å². The standard InChI is InChI=1S/C23H28N4O6S/c1-26-20-11-10-17(15-18(20)22(29)27(2)23(26)30)34(31,32)25-19(14-16-8-5-4-6-9-16)21(28)24-12-7-13-33-3/h4-6,8-11,15,19,25H,7,12-14H2,1-3H3,(H,24,28)/t19-/m0/s1. The van der Waals surface area contributed by atoms with E-state index in [4.69, 9.17) is 4.74 Å². The number of ether oxygens (including phenoxy) is 1. The van der Waals surface area contributed by atoms with E-state index in [-0.39, 0.29) is 16.7 Å². The minimum atomic E-state index is -4.17. The largest absolute Gasteiger partial charge is 0.385 e. The average molecular weight is 489 g/mol. The smallest absolute Gasteiger partial charge is 0.330 e. The van der Waals surface area contributed by atoms with Gasteiger partial charge in [-0.25, -0.2) is 13.2 Å². The number of nitrogens with zero attached hydrogens (tertiary/aromatic N) is 2. The molecule has 10 nitrogen and oxygen atoms in total. The maximum absolute atomic E-state index is 13.2. The number of aryl methyl sites for hydroxylation is 1. The molecule has 1 atom stereocenters. The Morgan fingerprint density at radius 2 is 1.76 bits per heavy atom. The minimum Gasteiger partial charge on any atom is -0.385 e. The number of benzene rings is 2. The molecule has 3 rings (SSSR count). The Bertz CT molecular complexity index is 1400. The molecule has 3 aromatic rings. The lowest BCUT2D eigenvalue weighted by Gasteiger charge is -2.19. The lowest BCUT2D eigenvalue weighted by atomic mass is 10.1. The molecule has 11 heteroatoms. The Morgan fingerprint density at radius 1 is 1.06 bits per heavy atom. The zero-order valence-corrected chi connectivity index (χ0v) is 20.1. The highest BCUT2D eigenvalue weighted by Gasteiger charge is 2.26. The molecule has 1 heterocycles. The van der Waals surface area contributed by atoms with Crippen LogP contribution in [0.25, 0.3) is 10.9 Å². The number of sulfonamides is 1. The van der Waals surface area contributed by atoms with Crippen molar-refractivity contribution in [2.45, 2.75) is 23.8 Å². The molecule has 0 aliphatic rings. The molecule has 1 aromatic heterocycles. The highest BCUT2D eigenvalue weighted by Crippen LogP contribution is 2.16. The second kappa shape index (κ2) is 10.8. The fourth-order valence-corrected chi connectivity index (χ4v) is 4.81. The summed E-state index contributed by atoms with van der Waals surface area (Å²) in [5.41, 5.74) is -0.0282. The van der Waals surface area contributed by atoms with E-state index >= 15 is 0 Å². The number of fused-ring (bicyclic) bond motifs is 1. The van der Waals surface area contributed by atoms with E-state index < -0.39 is 33.2 Å². The van der Waals surface area contributed by atoms with Crippen molar-refractivity contribution in [1.29, 1.82) is 0 Å². The summed E-state index contributed by atoms with van der Waals surface area (Å²) in [7, 11) is 0.211. The van der Waals surface area contributed by atoms with Gasteiger partial charge in [0.1, 0.15) is 6.04 Å². The van der Waals surface area contributed by atoms with Gasteiger partial charge >= 0.3 is 5.69 Å². The first kappa shape index (κ1) is 25.3. The molecule has 182 valence electrons. The second-order valence-electron chi connectivity index (χ2n) is 7.89. The summed E-state index contributed by atoms with van der Waals surface area (Å²) in [6, 6.07) is 11.9. The minimum absolute atomic E-state index is 0.0797. The zero-order valence-electron chi connectivity index (χ0n) is 19.3. The Morgan fingerprint density at radius 3 is 2.44 bits per heavy atom. The van der Waals surface area contributed by atoms with Crippen LogP contribution in [0.2, 0.25) is 0 Å². The molecular formula is C23H28N4O6S. The Balaban J connectivity index is 1.94. The molecule has 0 saturated carbocycles. The van der Waals surface area contributed by atoms with E-state index in [0.29, 0.717) is 25.1 Å². The third kappa shape index (κ3) is 5.61. The van der Waals surface area contributed by atoms with Gasteiger partial charge in [-0.05, 0) is 36.6 Å². The van der Waals surface area contributed by atoms with Crippen molar-refractivity contribution in [1.82, 2.24) is 19.2 Å². The van der Waals surface area contributed by atoms with Crippen LogP contribution >= 0.6 is 0 Å². The number of nitrogens with one attached hydrogen (secondary N) is 2. The molecule has 0 aliphatic carbocycles. The van der Waals surface area contributed by atoms with Gasteiger partial charge in [-0.1, -0.05) is 30.3 Å². The quantitative estimate of drug-likeness (QED) is 0.395. The zero-order chi connectivity index (χ0) is 24.9. The number of aromatic nitrogens is 2. The summed E-state index contributed by atoms with van der Waals surface area (Å²) >= 11 is 0. The molecule has 2 aromatic carbocycles. The van der Waals surface area contributed by atoms with Crippen molar-refractivity contribution in [3.8, 4) is 0 Å². The van der Waals surface area contributed by atoms with Crippen molar-refractivity contribution in [3.63, 3.8) is 0 Å². The fraction of sp³-hybridized carbons (Fsp3) is 0.348. The van der Waals surface area contributed by atoms with Gasteiger partial charge < -0.3 is 10.1 Å². The predicted molar refractivity (Wildman–Crippen MR) is 128 cm³/mol. The van der Waals surface area contributed by atoms with E-state index in [9.17, 15) is 22.8 Å². The van der Waals surface area contributed by atoms with Crippen molar-refractivity contribution >= 4 is 26.8 Å². The summed E-state index contributed by atoms with van der Waals surface area (Å²) in [6.07, 6.45) is 0.722. The maximum atomic E-state index is 13.2. The van der Waals surface area contributed by atoms with E-state index in [1.807, 2.05) is 6.07 Å². The fourth-order valence-electron chi connectivity index (χ4n) is 3.59. The van der Waals surface area contributed by atoms with Crippen molar-refractivity contribution < 1.29 is 17.9 Å². The summed E-state index contributed by atoms with van der Waals surface area (Å²) < 4.78 is 36.1. The van der Waals surface area contributed by atoms with Gasteiger partial charge in [0.25, 0.3) is 5.56 Å². The highest BCUT2D eigenvalue weighted by atomic mass is 32.2. The van der Waals surface area contributed by atoms with Crippen LogP contribution in [0.1, 0.15) is 12.0 Å². The molecule has 0 saturated heterocycles. The van der Waals surface area contributed by atoms with Crippen LogP contribution in [0.15, 0.2) is 63.0 Å². The molecule has 0 fully saturated rings. The van der Waals surface area contributed by atoms with Crippen LogP contribution in [0.5, 0.6) is 0 Å². The Labute approximate surface area is 197 Å². The summed E-state index contributed by atoms with van der Waals surface area (Å²) in [6.45, 7) is 0.795. The van der Waals surface area contributed by atoms with Crippen molar-refractivity contribution in [3.05, 3.63) is 74.9 Å². The summed E-state index contributed by atoms with van der Waals surface area (Å²) in [5.74, 6) is -0.470. The molecule has 0 unspecified atom stereocenters. The molecular weight excluding hydrogens is 460 g/mol. The van der Waals surface area contributed by atoms with Crippen LogP contribution in [0, 0.1) is 0 Å². The number of hydrogen-bond donors (Lipinski definition) is 2. The summed E-state index contributed by atoms with van der Waals surface area (Å²) in [4.78, 5) is 37.4. The first-order valence-electron chi connectivity index (χ1n) is 10.7. The van der Waals surface area contributed by atoms with Crippen LogP contribution in [0.4, 0.5) is 0 Å². The number of amides is 1. The van der Waals surface area contributed by atoms with Gasteiger partial charge in [0.2, 0.25) is 15.9 Å². The average Bonchev–Trinajstić information content (AvgIpc) is 2.83. The third-order valence-electron chi connectivity index (χ3n) is 5.47.